The minimum atomic E-state index is -0.873. The van der Waals surface area contributed by atoms with Crippen molar-refractivity contribution in [3.05, 3.63) is 145 Å². The monoisotopic (exact) mass is 756 g/mol. The number of hydrogen-bond donors (Lipinski definition) is 2. The average Bonchev–Trinajstić information content (AvgIpc) is 3.25. The van der Waals surface area contributed by atoms with E-state index in [0.717, 1.165) is 48.7 Å². The molecule has 0 amide bonds. The second-order valence-electron chi connectivity index (χ2n) is 13.2. The van der Waals surface area contributed by atoms with Crippen LogP contribution in [0.4, 0.5) is 22.7 Å². The molecule has 0 aliphatic carbocycles. The molecule has 0 spiro atoms. The van der Waals surface area contributed by atoms with Crippen LogP contribution in [0.1, 0.15) is 38.8 Å². The van der Waals surface area contributed by atoms with Gasteiger partial charge in [0.15, 0.2) is 11.5 Å². The molecule has 0 aliphatic heterocycles. The summed E-state index contributed by atoms with van der Waals surface area (Å²) in [6.07, 6.45) is 1.86. The van der Waals surface area contributed by atoms with Crippen molar-refractivity contribution >= 4 is 35.2 Å². The van der Waals surface area contributed by atoms with Gasteiger partial charge in [0.1, 0.15) is 25.4 Å². The van der Waals surface area contributed by atoms with Gasteiger partial charge >= 0.3 is 0 Å². The molecule has 0 saturated heterocycles. The van der Waals surface area contributed by atoms with E-state index in [0.29, 0.717) is 11.5 Å². The highest BCUT2D eigenvalue weighted by molar-refractivity contribution is 5.82. The van der Waals surface area contributed by atoms with Gasteiger partial charge in [0.2, 0.25) is 0 Å². The first-order chi connectivity index (χ1) is 27.4. The van der Waals surface area contributed by atoms with Crippen molar-refractivity contribution in [2.24, 2.45) is 10.2 Å². The fourth-order valence-electron chi connectivity index (χ4n) is 6.20. The lowest BCUT2D eigenvalue weighted by Gasteiger charge is -2.24. The van der Waals surface area contributed by atoms with Crippen molar-refractivity contribution in [2.75, 3.05) is 72.3 Å². The standard InChI is InChI=1S/C46H56N6O4/c1-5-49(6-2)39-27-23-37(24-28-39)31-47-51(41-17-11-9-12-18-41)33-43(53)35-55-45-21-15-16-22-46(45)56-36-44(54)34-52(42-19-13-10-14-20-42)48-32-38-25-29-40(30-26-38)50(7-3)8-4/h9-32,43-44,53-54H,5-8,33-36H2,1-4H3/b47-31-,48-32-. The molecule has 0 aliphatic rings. The van der Waals surface area contributed by atoms with Crippen LogP contribution >= 0.6 is 0 Å². The first kappa shape index (κ1) is 41.3. The largest absolute Gasteiger partial charge is 0.487 e. The Bertz CT molecular complexity index is 1760. The Morgan fingerprint density at radius 1 is 0.464 bits per heavy atom. The number of benzene rings is 5. The van der Waals surface area contributed by atoms with Crippen molar-refractivity contribution in [1.82, 2.24) is 0 Å². The average molecular weight is 757 g/mol. The first-order valence-electron chi connectivity index (χ1n) is 19.5. The van der Waals surface area contributed by atoms with E-state index in [2.05, 4.69) is 61.8 Å². The molecule has 0 aromatic heterocycles. The van der Waals surface area contributed by atoms with Gasteiger partial charge in [-0.2, -0.15) is 10.2 Å². The third-order valence-corrected chi connectivity index (χ3v) is 9.32. The number of hydrazone groups is 2. The van der Waals surface area contributed by atoms with E-state index < -0.39 is 12.2 Å². The van der Waals surface area contributed by atoms with Gasteiger partial charge in [-0.1, -0.05) is 72.8 Å². The van der Waals surface area contributed by atoms with Crippen LogP contribution in [0.5, 0.6) is 11.5 Å². The number of ether oxygens (including phenoxy) is 2. The molecule has 56 heavy (non-hydrogen) atoms. The Kier molecular flexibility index (Phi) is 16.2. The summed E-state index contributed by atoms with van der Waals surface area (Å²) in [4.78, 5) is 4.59. The van der Waals surface area contributed by atoms with Crippen molar-refractivity contribution in [1.29, 1.82) is 0 Å². The van der Waals surface area contributed by atoms with E-state index >= 15 is 0 Å². The summed E-state index contributed by atoms with van der Waals surface area (Å²) in [7, 11) is 0. The number of rotatable bonds is 22. The molecule has 2 unspecified atom stereocenters. The third kappa shape index (κ3) is 12.3. The zero-order chi connectivity index (χ0) is 39.5. The number of nitrogens with zero attached hydrogens (tertiary/aromatic N) is 6. The van der Waals surface area contributed by atoms with Gasteiger partial charge in [0.05, 0.1) is 36.9 Å². The van der Waals surface area contributed by atoms with Gasteiger partial charge in [-0.3, -0.25) is 10.0 Å². The summed E-state index contributed by atoms with van der Waals surface area (Å²) in [5, 5.41) is 35.3. The number of para-hydroxylation sites is 4. The van der Waals surface area contributed by atoms with Gasteiger partial charge in [0.25, 0.3) is 0 Å². The van der Waals surface area contributed by atoms with Gasteiger partial charge in [-0.15, -0.1) is 0 Å². The summed E-state index contributed by atoms with van der Waals surface area (Å²) in [5.41, 5.74) is 5.96. The van der Waals surface area contributed by atoms with Crippen LogP contribution in [0, 0.1) is 0 Å². The maximum atomic E-state index is 11.2. The smallest absolute Gasteiger partial charge is 0.161 e. The van der Waals surface area contributed by atoms with E-state index in [1.807, 2.05) is 97.1 Å². The minimum Gasteiger partial charge on any atom is -0.487 e. The van der Waals surface area contributed by atoms with Crippen molar-refractivity contribution in [3.8, 4) is 11.5 Å². The van der Waals surface area contributed by atoms with E-state index in [1.165, 1.54) is 11.4 Å². The number of anilines is 4. The Labute approximate surface area is 332 Å². The van der Waals surface area contributed by atoms with Gasteiger partial charge in [-0.25, -0.2) is 0 Å². The van der Waals surface area contributed by atoms with Crippen molar-refractivity contribution in [2.45, 2.75) is 39.9 Å². The SMILES string of the molecule is CCN(CC)c1ccc(/C=N\N(CC(O)COc2ccccc2OCC(O)CN(/N=C\c2ccc(N(CC)CC)cc2)c2ccccc2)c2ccccc2)cc1. The molecule has 0 fully saturated rings. The van der Waals surface area contributed by atoms with E-state index in [9.17, 15) is 10.2 Å². The Balaban J connectivity index is 1.18. The van der Waals surface area contributed by atoms with E-state index in [-0.39, 0.29) is 26.3 Å². The number of aliphatic hydroxyl groups is 2. The lowest BCUT2D eigenvalue weighted by Crippen LogP contribution is -2.33. The zero-order valence-corrected chi connectivity index (χ0v) is 33.1. The molecule has 5 aromatic rings. The normalized spacial score (nSPS) is 12.4. The van der Waals surface area contributed by atoms with Crippen LogP contribution in [0.25, 0.3) is 0 Å². The van der Waals surface area contributed by atoms with Crippen molar-refractivity contribution in [3.63, 3.8) is 0 Å². The predicted octanol–water partition coefficient (Wildman–Crippen LogP) is 7.94. The second kappa shape index (κ2) is 21.9. The molecule has 2 atom stereocenters. The second-order valence-corrected chi connectivity index (χ2v) is 13.2. The van der Waals surface area contributed by atoms with Crippen LogP contribution in [0.2, 0.25) is 0 Å². The summed E-state index contributed by atoms with van der Waals surface area (Å²) < 4.78 is 12.2. The minimum absolute atomic E-state index is 0.00669. The molecular weight excluding hydrogens is 701 g/mol. The predicted molar refractivity (Wildman–Crippen MR) is 232 cm³/mol. The molecule has 5 rings (SSSR count). The molecule has 0 heterocycles. The highest BCUT2D eigenvalue weighted by Crippen LogP contribution is 2.27. The van der Waals surface area contributed by atoms with Gasteiger partial charge in [0, 0.05) is 37.6 Å². The maximum Gasteiger partial charge on any atom is 0.161 e. The lowest BCUT2D eigenvalue weighted by atomic mass is 10.2. The zero-order valence-electron chi connectivity index (χ0n) is 33.1. The molecule has 0 saturated carbocycles. The van der Waals surface area contributed by atoms with Gasteiger partial charge in [-0.05, 0) is 99.5 Å². The molecule has 10 nitrogen and oxygen atoms in total. The van der Waals surface area contributed by atoms with Crippen LogP contribution < -0.4 is 29.3 Å². The molecular formula is C46H56N6O4. The molecule has 5 aromatic carbocycles. The Hall–Kier alpha value is -5.84. The molecule has 294 valence electrons. The van der Waals surface area contributed by atoms with Gasteiger partial charge < -0.3 is 29.5 Å². The lowest BCUT2D eigenvalue weighted by molar-refractivity contribution is 0.0977. The Morgan fingerprint density at radius 3 is 1.14 bits per heavy atom. The molecule has 0 radical (unpaired) electrons. The van der Waals surface area contributed by atoms with Crippen LogP contribution in [-0.2, 0) is 0 Å². The van der Waals surface area contributed by atoms with E-state index in [4.69, 9.17) is 19.7 Å². The molecule has 0 bridgehead atoms. The van der Waals surface area contributed by atoms with Crippen LogP contribution in [0.15, 0.2) is 144 Å². The molecule has 10 heteroatoms. The Morgan fingerprint density at radius 2 is 0.804 bits per heavy atom. The summed E-state index contributed by atoms with van der Waals surface area (Å²) in [5.74, 6) is 0.931. The summed E-state index contributed by atoms with van der Waals surface area (Å²) in [6, 6.07) is 43.4. The first-order valence-corrected chi connectivity index (χ1v) is 19.5. The highest BCUT2D eigenvalue weighted by atomic mass is 16.5. The fourth-order valence-corrected chi connectivity index (χ4v) is 6.20. The van der Waals surface area contributed by atoms with Crippen LogP contribution in [-0.4, -0.2) is 87.3 Å². The molecule has 2 N–H and O–H groups in total. The fraction of sp³-hybridized carbons (Fsp3) is 0.304. The third-order valence-electron chi connectivity index (χ3n) is 9.32. The van der Waals surface area contributed by atoms with Crippen molar-refractivity contribution < 1.29 is 19.7 Å². The maximum absolute atomic E-state index is 11.2. The topological polar surface area (TPSA) is 96.6 Å². The number of hydrogen-bond acceptors (Lipinski definition) is 10. The van der Waals surface area contributed by atoms with E-state index in [1.54, 1.807) is 34.6 Å². The summed E-state index contributed by atoms with van der Waals surface area (Å²) >= 11 is 0. The highest BCUT2D eigenvalue weighted by Gasteiger charge is 2.17. The number of aliphatic hydroxyl groups excluding tert-OH is 2. The summed E-state index contributed by atoms with van der Waals surface area (Å²) in [6.45, 7) is 12.8. The quantitative estimate of drug-likeness (QED) is 0.0543. The van der Waals surface area contributed by atoms with Crippen LogP contribution in [0.3, 0.4) is 0 Å².